The summed E-state index contributed by atoms with van der Waals surface area (Å²) in [6, 6.07) is 0. The molecule has 6 nitrogen and oxygen atoms in total. The normalized spacial score (nSPS) is 30.4. The van der Waals surface area contributed by atoms with Gasteiger partial charge in [0, 0.05) is 24.8 Å². The second kappa shape index (κ2) is 17.8. The molecule has 2 heterocycles. The molecule has 0 aromatic rings. The zero-order valence-electron chi connectivity index (χ0n) is 26.3. The number of aliphatic hydroxyl groups is 2. The Morgan fingerprint density at radius 3 is 2.39 bits per heavy atom. The lowest BCUT2D eigenvalue weighted by molar-refractivity contribution is -0.324. The highest BCUT2D eigenvalue weighted by molar-refractivity contribution is 5.79. The zero-order valence-corrected chi connectivity index (χ0v) is 26.3. The van der Waals surface area contributed by atoms with Crippen molar-refractivity contribution in [3.63, 3.8) is 0 Å². The summed E-state index contributed by atoms with van der Waals surface area (Å²) < 4.78 is 13.6. The van der Waals surface area contributed by atoms with Gasteiger partial charge in [0.1, 0.15) is 0 Å². The van der Waals surface area contributed by atoms with Crippen LogP contribution in [0.4, 0.5) is 0 Å². The smallest absolute Gasteiger partial charge is 0.327 e. The van der Waals surface area contributed by atoms with E-state index in [1.54, 1.807) is 13.0 Å². The van der Waals surface area contributed by atoms with Gasteiger partial charge in [0.25, 0.3) is 0 Å². The third-order valence-electron chi connectivity index (χ3n) is 8.66. The summed E-state index contributed by atoms with van der Waals surface area (Å²) >= 11 is 0. The largest absolute Gasteiger partial charge is 0.478 e. The first-order valence-electron chi connectivity index (χ1n) is 15.8. The van der Waals surface area contributed by atoms with E-state index < -0.39 is 17.9 Å². The van der Waals surface area contributed by atoms with E-state index in [4.69, 9.17) is 14.6 Å². The molecule has 0 radical (unpaired) electrons. The maximum atomic E-state index is 10.7. The first-order chi connectivity index (χ1) is 19.5. The molecule has 2 rings (SSSR count). The predicted molar refractivity (Wildman–Crippen MR) is 166 cm³/mol. The number of rotatable bonds is 15. The fourth-order valence-electron chi connectivity index (χ4n) is 5.53. The Labute approximate surface area is 248 Å². The van der Waals surface area contributed by atoms with Crippen LogP contribution < -0.4 is 0 Å². The van der Waals surface area contributed by atoms with E-state index in [2.05, 4.69) is 45.1 Å². The highest BCUT2D eigenvalue weighted by Gasteiger charge is 2.46. The van der Waals surface area contributed by atoms with Crippen molar-refractivity contribution in [3.8, 4) is 0 Å². The molecule has 0 saturated carbocycles. The van der Waals surface area contributed by atoms with Gasteiger partial charge < -0.3 is 24.8 Å². The molecule has 2 aliphatic heterocycles. The molecule has 0 bridgehead atoms. The van der Waals surface area contributed by atoms with Crippen molar-refractivity contribution in [2.75, 3.05) is 0 Å². The van der Waals surface area contributed by atoms with Crippen molar-refractivity contribution >= 4 is 5.97 Å². The van der Waals surface area contributed by atoms with Crippen molar-refractivity contribution in [3.05, 3.63) is 59.8 Å². The third-order valence-corrected chi connectivity index (χ3v) is 8.66. The van der Waals surface area contributed by atoms with Gasteiger partial charge in [-0.2, -0.15) is 0 Å². The van der Waals surface area contributed by atoms with Gasteiger partial charge in [0.05, 0.1) is 24.4 Å². The van der Waals surface area contributed by atoms with Gasteiger partial charge in [-0.1, -0.05) is 94.2 Å². The topological polar surface area (TPSA) is 96.2 Å². The maximum absolute atomic E-state index is 10.7. The lowest BCUT2D eigenvalue weighted by Crippen LogP contribution is -2.52. The summed E-state index contributed by atoms with van der Waals surface area (Å²) in [6.07, 6.45) is 23.6. The van der Waals surface area contributed by atoms with Crippen LogP contribution in [-0.2, 0) is 14.3 Å². The van der Waals surface area contributed by atoms with Crippen LogP contribution >= 0.6 is 0 Å². The molecule has 0 amide bonds. The third kappa shape index (κ3) is 12.4. The molecule has 8 atom stereocenters. The average Bonchev–Trinajstić information content (AvgIpc) is 2.96. The van der Waals surface area contributed by atoms with Crippen LogP contribution in [-0.4, -0.2) is 51.5 Å². The number of allylic oxidation sites excluding steroid dienone is 4. The van der Waals surface area contributed by atoms with Gasteiger partial charge in [0.2, 0.25) is 0 Å². The number of aliphatic hydroxyl groups excluding tert-OH is 2. The van der Waals surface area contributed by atoms with E-state index in [0.29, 0.717) is 18.3 Å². The molecule has 232 valence electrons. The summed E-state index contributed by atoms with van der Waals surface area (Å²) in [5.74, 6) is -0.945. The Morgan fingerprint density at radius 1 is 1.00 bits per heavy atom. The Morgan fingerprint density at radius 2 is 1.71 bits per heavy atom. The molecular weight excluding hydrogens is 516 g/mol. The van der Waals surface area contributed by atoms with Gasteiger partial charge in [0.15, 0.2) is 5.79 Å². The summed E-state index contributed by atoms with van der Waals surface area (Å²) in [5.41, 5.74) is 2.19. The number of carboxylic acid groups (broad SMARTS) is 1. The van der Waals surface area contributed by atoms with Crippen LogP contribution in [0, 0.1) is 17.8 Å². The molecular formula is C35H56O6. The number of hydrogen-bond donors (Lipinski definition) is 3. The maximum Gasteiger partial charge on any atom is 0.327 e. The molecule has 0 aliphatic carbocycles. The van der Waals surface area contributed by atoms with Crippen LogP contribution in [0.3, 0.4) is 0 Å². The van der Waals surface area contributed by atoms with E-state index in [0.717, 1.165) is 62.2 Å². The van der Waals surface area contributed by atoms with Crippen LogP contribution in [0.2, 0.25) is 0 Å². The summed E-state index contributed by atoms with van der Waals surface area (Å²) in [6.45, 7) is 12.4. The Bertz CT molecular complexity index is 946. The first kappa shape index (κ1) is 35.2. The molecule has 8 unspecified atom stereocenters. The molecule has 0 aromatic carbocycles. The minimum absolute atomic E-state index is 0.0164. The molecule has 2 aliphatic rings. The van der Waals surface area contributed by atoms with Gasteiger partial charge in [-0.3, -0.25) is 0 Å². The number of hydrogen-bond acceptors (Lipinski definition) is 5. The van der Waals surface area contributed by atoms with Crippen molar-refractivity contribution < 1.29 is 29.6 Å². The minimum Gasteiger partial charge on any atom is -0.478 e. The van der Waals surface area contributed by atoms with Crippen LogP contribution in [0.25, 0.3) is 0 Å². The van der Waals surface area contributed by atoms with Gasteiger partial charge >= 0.3 is 5.97 Å². The van der Waals surface area contributed by atoms with Gasteiger partial charge in [-0.25, -0.2) is 4.79 Å². The summed E-state index contributed by atoms with van der Waals surface area (Å²) in [5, 5.41) is 29.0. The molecule has 3 N–H and O–H groups in total. The number of carbonyl (C=O) groups is 1. The van der Waals surface area contributed by atoms with Crippen LogP contribution in [0.5, 0.6) is 0 Å². The second-order valence-corrected chi connectivity index (χ2v) is 12.3. The molecule has 2 saturated heterocycles. The molecule has 2 fully saturated rings. The molecule has 6 heteroatoms. The number of ether oxygens (including phenoxy) is 2. The fourth-order valence-corrected chi connectivity index (χ4v) is 5.53. The van der Waals surface area contributed by atoms with Crippen LogP contribution in [0.1, 0.15) is 106 Å². The SMILES string of the molecule is CCCCC1CCC2(CCC(C)C(C/C=C(C)/C=C/C(O)C(C)/C=C/C(=O)O)O2)OC1/C=C/C(C)=C/CC(O)CC. The highest BCUT2D eigenvalue weighted by Crippen LogP contribution is 2.45. The van der Waals surface area contributed by atoms with Crippen LogP contribution in [0.15, 0.2) is 59.8 Å². The zero-order chi connectivity index (χ0) is 30.4. The van der Waals surface area contributed by atoms with E-state index in [1.807, 2.05) is 19.9 Å². The Hall–Kier alpha value is -1.99. The monoisotopic (exact) mass is 572 g/mol. The van der Waals surface area contributed by atoms with E-state index in [1.165, 1.54) is 18.9 Å². The quantitative estimate of drug-likeness (QED) is 0.138. The molecule has 1 spiro atoms. The Balaban J connectivity index is 2.07. The average molecular weight is 573 g/mol. The van der Waals surface area contributed by atoms with E-state index in [-0.39, 0.29) is 24.2 Å². The summed E-state index contributed by atoms with van der Waals surface area (Å²) in [4.78, 5) is 10.7. The molecule has 41 heavy (non-hydrogen) atoms. The minimum atomic E-state index is -1.01. The molecule has 0 aromatic heterocycles. The van der Waals surface area contributed by atoms with Crippen molar-refractivity contribution in [2.45, 2.75) is 136 Å². The predicted octanol–water partition coefficient (Wildman–Crippen LogP) is 7.68. The number of unbranched alkanes of at least 4 members (excludes halogenated alkanes) is 1. The van der Waals surface area contributed by atoms with Gasteiger partial charge in [-0.15, -0.1) is 0 Å². The van der Waals surface area contributed by atoms with Gasteiger partial charge in [-0.05, 0) is 64.2 Å². The first-order valence-corrected chi connectivity index (χ1v) is 15.8. The van der Waals surface area contributed by atoms with E-state index in [9.17, 15) is 15.0 Å². The number of aliphatic carboxylic acids is 1. The standard InChI is InChI=1S/C35H56O6/c1-7-9-10-29-22-24-35(41-33(29)19-14-25(3)11-16-30(36)8-2)23-21-28(6)32(40-35)18-13-26(4)12-17-31(37)27(5)15-20-34(38)39/h11-15,17,19-20,27-33,36-37H,7-10,16,18,21-24H2,1-6H3,(H,38,39)/b17-12+,19-14+,20-15+,25-11+,26-13+. The fraction of sp³-hybridized carbons (Fsp3) is 0.686. The lowest BCUT2D eigenvalue weighted by atomic mass is 9.81. The van der Waals surface area contributed by atoms with Crippen molar-refractivity contribution in [2.24, 2.45) is 17.8 Å². The van der Waals surface area contributed by atoms with Crippen molar-refractivity contribution in [1.29, 1.82) is 0 Å². The van der Waals surface area contributed by atoms with Crippen molar-refractivity contribution in [1.82, 2.24) is 0 Å². The lowest BCUT2D eigenvalue weighted by Gasteiger charge is -2.49. The Kier molecular flexibility index (Phi) is 15.3. The highest BCUT2D eigenvalue weighted by atomic mass is 16.7. The summed E-state index contributed by atoms with van der Waals surface area (Å²) in [7, 11) is 0. The number of carboxylic acids is 1. The van der Waals surface area contributed by atoms with E-state index >= 15 is 0 Å². The second-order valence-electron chi connectivity index (χ2n) is 12.3.